The molecule has 0 radical (unpaired) electrons. The quantitative estimate of drug-likeness (QED) is 0.586. The number of nitrogens with zero attached hydrogens (tertiary/aromatic N) is 2. The highest BCUT2D eigenvalue weighted by atomic mass is 16.6. The summed E-state index contributed by atoms with van der Waals surface area (Å²) in [6.45, 7) is 1.20. The van der Waals surface area contributed by atoms with Gasteiger partial charge in [-0.15, -0.1) is 0 Å². The number of nitro groups is 1. The van der Waals surface area contributed by atoms with E-state index in [0.717, 1.165) is 0 Å². The highest BCUT2D eigenvalue weighted by molar-refractivity contribution is 5.54. The van der Waals surface area contributed by atoms with Crippen LogP contribution in [0.5, 0.6) is 11.5 Å². The first-order valence-electron chi connectivity index (χ1n) is 5.82. The second-order valence-electron chi connectivity index (χ2n) is 4.24. The molecule has 0 aliphatic carbocycles. The smallest absolute Gasteiger partial charge is 0.277 e. The fourth-order valence-corrected chi connectivity index (χ4v) is 1.54. The molecule has 1 aromatic carbocycles. The number of rotatable bonds is 7. The maximum absolute atomic E-state index is 11.0. The van der Waals surface area contributed by atoms with Crippen molar-refractivity contribution in [3.8, 4) is 11.5 Å². The molecule has 7 heteroatoms. The molecule has 0 aliphatic heterocycles. The Bertz CT molecular complexity index is 449. The first kappa shape index (κ1) is 15.2. The van der Waals surface area contributed by atoms with E-state index in [1.165, 1.54) is 13.2 Å². The third kappa shape index (κ3) is 4.08. The summed E-state index contributed by atoms with van der Waals surface area (Å²) in [6, 6.07) is 2.90. The minimum Gasteiger partial charge on any atom is -0.493 e. The highest BCUT2D eigenvalue weighted by Gasteiger charge is 2.18. The van der Waals surface area contributed by atoms with Gasteiger partial charge in [-0.1, -0.05) is 0 Å². The van der Waals surface area contributed by atoms with Gasteiger partial charge in [-0.2, -0.15) is 0 Å². The normalized spacial score (nSPS) is 10.6. The van der Waals surface area contributed by atoms with Gasteiger partial charge in [0.05, 0.1) is 18.1 Å². The third-order valence-corrected chi connectivity index (χ3v) is 2.58. The second kappa shape index (κ2) is 6.91. The molecule has 106 valence electrons. The molecule has 19 heavy (non-hydrogen) atoms. The van der Waals surface area contributed by atoms with Crippen molar-refractivity contribution in [2.45, 2.75) is 6.54 Å². The molecule has 0 aromatic heterocycles. The van der Waals surface area contributed by atoms with Gasteiger partial charge in [-0.25, -0.2) is 0 Å². The lowest BCUT2D eigenvalue weighted by Crippen LogP contribution is -2.19. The standard InChI is InChI=1S/C12H19N3O4/c1-14(2)4-5-19-12-7-10(15(16)17)9(8-13)6-11(12)18-3/h6-7H,4-5,8,13H2,1-3H3. The van der Waals surface area contributed by atoms with Crippen LogP contribution in [0.25, 0.3) is 0 Å². The summed E-state index contributed by atoms with van der Waals surface area (Å²) in [4.78, 5) is 12.4. The number of hydrogen-bond donors (Lipinski definition) is 1. The van der Waals surface area contributed by atoms with E-state index in [0.29, 0.717) is 30.2 Å². The van der Waals surface area contributed by atoms with Crippen molar-refractivity contribution in [3.05, 3.63) is 27.8 Å². The van der Waals surface area contributed by atoms with Crippen molar-refractivity contribution < 1.29 is 14.4 Å². The largest absolute Gasteiger partial charge is 0.493 e. The number of methoxy groups -OCH3 is 1. The Balaban J connectivity index is 3.01. The molecule has 2 N–H and O–H groups in total. The van der Waals surface area contributed by atoms with Gasteiger partial charge in [0.15, 0.2) is 11.5 Å². The number of nitro benzene ring substituents is 1. The fraction of sp³-hybridized carbons (Fsp3) is 0.500. The van der Waals surface area contributed by atoms with E-state index in [4.69, 9.17) is 15.2 Å². The Hall–Kier alpha value is -1.86. The zero-order chi connectivity index (χ0) is 14.4. The van der Waals surface area contributed by atoms with E-state index in [1.54, 1.807) is 6.07 Å². The highest BCUT2D eigenvalue weighted by Crippen LogP contribution is 2.34. The van der Waals surface area contributed by atoms with E-state index in [-0.39, 0.29) is 12.2 Å². The number of hydrogen-bond acceptors (Lipinski definition) is 6. The lowest BCUT2D eigenvalue weighted by molar-refractivity contribution is -0.385. The predicted molar refractivity (Wildman–Crippen MR) is 71.6 cm³/mol. The average molecular weight is 269 g/mol. The molecule has 0 atom stereocenters. The summed E-state index contributed by atoms with van der Waals surface area (Å²) in [5, 5.41) is 11.0. The lowest BCUT2D eigenvalue weighted by Gasteiger charge is -2.14. The van der Waals surface area contributed by atoms with Crippen LogP contribution in [0.3, 0.4) is 0 Å². The molecular formula is C12H19N3O4. The van der Waals surface area contributed by atoms with Gasteiger partial charge in [0.2, 0.25) is 0 Å². The topological polar surface area (TPSA) is 90.9 Å². The number of benzene rings is 1. The van der Waals surface area contributed by atoms with Crippen molar-refractivity contribution in [3.63, 3.8) is 0 Å². The zero-order valence-electron chi connectivity index (χ0n) is 11.4. The van der Waals surface area contributed by atoms with Crippen LogP contribution < -0.4 is 15.2 Å². The Morgan fingerprint density at radius 2 is 2.05 bits per heavy atom. The average Bonchev–Trinajstić information content (AvgIpc) is 2.37. The van der Waals surface area contributed by atoms with Gasteiger partial charge < -0.3 is 20.1 Å². The summed E-state index contributed by atoms with van der Waals surface area (Å²) in [5.74, 6) is 0.804. The monoisotopic (exact) mass is 269 g/mol. The first-order valence-corrected chi connectivity index (χ1v) is 5.82. The lowest BCUT2D eigenvalue weighted by atomic mass is 10.1. The van der Waals surface area contributed by atoms with Gasteiger partial charge in [0.1, 0.15) is 6.61 Å². The van der Waals surface area contributed by atoms with Crippen LogP contribution in [-0.4, -0.2) is 44.2 Å². The maximum atomic E-state index is 11.0. The van der Waals surface area contributed by atoms with E-state index < -0.39 is 4.92 Å². The third-order valence-electron chi connectivity index (χ3n) is 2.58. The van der Waals surface area contributed by atoms with Crippen LogP contribution in [0.2, 0.25) is 0 Å². The van der Waals surface area contributed by atoms with E-state index in [9.17, 15) is 10.1 Å². The molecule has 0 unspecified atom stereocenters. The second-order valence-corrected chi connectivity index (χ2v) is 4.24. The summed E-state index contributed by atoms with van der Waals surface area (Å²) < 4.78 is 10.7. The van der Waals surface area contributed by atoms with Crippen molar-refractivity contribution in [2.24, 2.45) is 5.73 Å². The van der Waals surface area contributed by atoms with E-state index in [2.05, 4.69) is 0 Å². The summed E-state index contributed by atoms with van der Waals surface area (Å²) in [5.41, 5.74) is 5.86. The molecule has 0 saturated heterocycles. The Morgan fingerprint density at radius 1 is 1.37 bits per heavy atom. The van der Waals surface area contributed by atoms with Crippen molar-refractivity contribution in [1.29, 1.82) is 0 Å². The summed E-state index contributed by atoms with van der Waals surface area (Å²) >= 11 is 0. The Labute approximate surface area is 112 Å². The molecule has 1 aromatic rings. The fourth-order valence-electron chi connectivity index (χ4n) is 1.54. The molecule has 0 heterocycles. The van der Waals surface area contributed by atoms with Crippen LogP contribution in [0, 0.1) is 10.1 Å². The Morgan fingerprint density at radius 3 is 2.53 bits per heavy atom. The van der Waals surface area contributed by atoms with Gasteiger partial charge in [0, 0.05) is 18.7 Å². The molecule has 0 amide bonds. The van der Waals surface area contributed by atoms with Crippen molar-refractivity contribution in [2.75, 3.05) is 34.4 Å². The van der Waals surface area contributed by atoms with Gasteiger partial charge in [-0.3, -0.25) is 10.1 Å². The van der Waals surface area contributed by atoms with E-state index in [1.807, 2.05) is 19.0 Å². The van der Waals surface area contributed by atoms with Gasteiger partial charge in [0.25, 0.3) is 5.69 Å². The van der Waals surface area contributed by atoms with Gasteiger partial charge >= 0.3 is 0 Å². The van der Waals surface area contributed by atoms with Crippen molar-refractivity contribution in [1.82, 2.24) is 4.90 Å². The molecule has 7 nitrogen and oxygen atoms in total. The molecule has 0 saturated carbocycles. The van der Waals surface area contributed by atoms with Crippen molar-refractivity contribution >= 4 is 5.69 Å². The van der Waals surface area contributed by atoms with Crippen LogP contribution in [0.4, 0.5) is 5.69 Å². The van der Waals surface area contributed by atoms with Crippen LogP contribution in [-0.2, 0) is 6.54 Å². The van der Waals surface area contributed by atoms with Crippen LogP contribution >= 0.6 is 0 Å². The minimum atomic E-state index is -0.472. The minimum absolute atomic E-state index is 0.0526. The van der Waals surface area contributed by atoms with Crippen LogP contribution in [0.15, 0.2) is 12.1 Å². The molecule has 0 fully saturated rings. The number of nitrogens with two attached hydrogens (primary N) is 1. The molecular weight excluding hydrogens is 250 g/mol. The Kier molecular flexibility index (Phi) is 5.53. The van der Waals surface area contributed by atoms with E-state index >= 15 is 0 Å². The van der Waals surface area contributed by atoms with Gasteiger partial charge in [-0.05, 0) is 20.2 Å². The zero-order valence-corrected chi connectivity index (χ0v) is 11.4. The number of likely N-dealkylation sites (N-methyl/N-ethyl adjacent to an activating group) is 1. The summed E-state index contributed by atoms with van der Waals surface area (Å²) in [6.07, 6.45) is 0. The number of ether oxygens (including phenoxy) is 2. The van der Waals surface area contributed by atoms with Crippen LogP contribution in [0.1, 0.15) is 5.56 Å². The first-order chi connectivity index (χ1) is 8.99. The molecule has 0 bridgehead atoms. The SMILES string of the molecule is COc1cc(CN)c([N+](=O)[O-])cc1OCCN(C)C. The predicted octanol–water partition coefficient (Wildman–Crippen LogP) is 1.00. The molecule has 1 rings (SSSR count). The molecule has 0 spiro atoms. The maximum Gasteiger partial charge on any atom is 0.277 e. The molecule has 0 aliphatic rings. The summed E-state index contributed by atoms with van der Waals surface area (Å²) in [7, 11) is 5.32.